The Balaban J connectivity index is 1.73. The van der Waals surface area contributed by atoms with Gasteiger partial charge in [-0.1, -0.05) is 0 Å². The van der Waals surface area contributed by atoms with Crippen LogP contribution in [0.2, 0.25) is 0 Å². The summed E-state index contributed by atoms with van der Waals surface area (Å²) in [5.41, 5.74) is -0.455. The third-order valence-corrected chi connectivity index (χ3v) is 5.44. The molecule has 4 atom stereocenters. The summed E-state index contributed by atoms with van der Waals surface area (Å²) in [6.07, 6.45) is 6.10. The predicted octanol–water partition coefficient (Wildman–Crippen LogP) is 3.68. The molecule has 5 heteroatoms. The molecule has 5 nitrogen and oxygen atoms in total. The van der Waals surface area contributed by atoms with Crippen molar-refractivity contribution < 1.29 is 23.9 Å². The van der Waals surface area contributed by atoms with E-state index in [1.165, 1.54) is 7.11 Å². The SMILES string of the molecule is COC(=O)[C@H]1CC[C@H](CC(=O)[C@H]2CC[C@H](CC(=O)OC(C)(C)C)C2)C1. The Labute approximate surface area is 150 Å². The normalized spacial score (nSPS) is 29.4. The molecular formula is C20H32O5. The molecule has 0 aromatic heterocycles. The zero-order valence-electron chi connectivity index (χ0n) is 16.0. The molecule has 0 bridgehead atoms. The maximum atomic E-state index is 12.6. The number of rotatable bonds is 6. The molecule has 0 saturated heterocycles. The molecule has 142 valence electrons. The number of ether oxygens (including phenoxy) is 2. The van der Waals surface area contributed by atoms with Gasteiger partial charge in [0.1, 0.15) is 11.4 Å². The zero-order chi connectivity index (χ0) is 18.6. The van der Waals surface area contributed by atoms with Gasteiger partial charge in [-0.25, -0.2) is 0 Å². The van der Waals surface area contributed by atoms with Gasteiger partial charge in [-0.15, -0.1) is 0 Å². The summed E-state index contributed by atoms with van der Waals surface area (Å²) in [5.74, 6) is 0.602. The Morgan fingerprint density at radius 1 is 0.880 bits per heavy atom. The molecule has 2 fully saturated rings. The number of hydrogen-bond acceptors (Lipinski definition) is 5. The van der Waals surface area contributed by atoms with Gasteiger partial charge in [0.25, 0.3) is 0 Å². The topological polar surface area (TPSA) is 69.7 Å². The van der Waals surface area contributed by atoms with Crippen molar-refractivity contribution in [3.8, 4) is 0 Å². The molecule has 0 amide bonds. The second kappa shape index (κ2) is 8.33. The number of ketones is 1. The van der Waals surface area contributed by atoms with Crippen LogP contribution < -0.4 is 0 Å². The van der Waals surface area contributed by atoms with E-state index in [9.17, 15) is 14.4 Å². The molecule has 2 saturated carbocycles. The Hall–Kier alpha value is -1.39. The number of carbonyl (C=O) groups excluding carboxylic acids is 3. The van der Waals surface area contributed by atoms with Gasteiger partial charge >= 0.3 is 11.9 Å². The van der Waals surface area contributed by atoms with E-state index in [2.05, 4.69) is 0 Å². The van der Waals surface area contributed by atoms with Crippen molar-refractivity contribution in [2.24, 2.45) is 23.7 Å². The van der Waals surface area contributed by atoms with Gasteiger partial charge in [-0.2, -0.15) is 0 Å². The van der Waals surface area contributed by atoms with Crippen molar-refractivity contribution in [3.05, 3.63) is 0 Å². The molecule has 0 N–H and O–H groups in total. The van der Waals surface area contributed by atoms with Crippen LogP contribution in [0.15, 0.2) is 0 Å². The molecule has 0 unspecified atom stereocenters. The first-order valence-corrected chi connectivity index (χ1v) is 9.50. The Bertz CT molecular complexity index is 505. The van der Waals surface area contributed by atoms with E-state index in [4.69, 9.17) is 9.47 Å². The first-order chi connectivity index (χ1) is 11.7. The highest BCUT2D eigenvalue weighted by Crippen LogP contribution is 2.39. The molecular weight excluding hydrogens is 320 g/mol. The van der Waals surface area contributed by atoms with Crippen LogP contribution in [0.1, 0.15) is 72.1 Å². The molecule has 0 aromatic rings. The maximum absolute atomic E-state index is 12.6. The molecule has 0 aliphatic heterocycles. The highest BCUT2D eigenvalue weighted by atomic mass is 16.6. The van der Waals surface area contributed by atoms with Crippen molar-refractivity contribution in [3.63, 3.8) is 0 Å². The first-order valence-electron chi connectivity index (χ1n) is 9.50. The molecule has 0 spiro atoms. The lowest BCUT2D eigenvalue weighted by molar-refractivity contribution is -0.156. The molecule has 0 radical (unpaired) electrons. The Kier molecular flexibility index (Phi) is 6.64. The van der Waals surface area contributed by atoms with E-state index in [1.54, 1.807) is 0 Å². The largest absolute Gasteiger partial charge is 0.469 e. The minimum Gasteiger partial charge on any atom is -0.469 e. The number of methoxy groups -OCH3 is 1. The molecule has 0 heterocycles. The lowest BCUT2D eigenvalue weighted by Gasteiger charge is -2.20. The summed E-state index contributed by atoms with van der Waals surface area (Å²) in [6.45, 7) is 5.61. The average Bonchev–Trinajstić information content (AvgIpc) is 3.13. The van der Waals surface area contributed by atoms with Gasteiger partial charge in [0.05, 0.1) is 13.0 Å². The second-order valence-electron chi connectivity index (χ2n) is 8.74. The van der Waals surface area contributed by atoms with Gasteiger partial charge < -0.3 is 9.47 Å². The summed E-state index contributed by atoms with van der Waals surface area (Å²) < 4.78 is 10.2. The summed E-state index contributed by atoms with van der Waals surface area (Å²) >= 11 is 0. The van der Waals surface area contributed by atoms with Crippen LogP contribution in [0.25, 0.3) is 0 Å². The summed E-state index contributed by atoms with van der Waals surface area (Å²) in [7, 11) is 1.42. The van der Waals surface area contributed by atoms with E-state index in [-0.39, 0.29) is 29.7 Å². The van der Waals surface area contributed by atoms with Crippen molar-refractivity contribution in [1.29, 1.82) is 0 Å². The second-order valence-corrected chi connectivity index (χ2v) is 8.74. The fraction of sp³-hybridized carbons (Fsp3) is 0.850. The van der Waals surface area contributed by atoms with Crippen LogP contribution in [0.3, 0.4) is 0 Å². The van der Waals surface area contributed by atoms with Crippen LogP contribution >= 0.6 is 0 Å². The van der Waals surface area contributed by atoms with Gasteiger partial charge in [0.15, 0.2) is 0 Å². The van der Waals surface area contributed by atoms with Gasteiger partial charge in [0, 0.05) is 18.8 Å². The van der Waals surface area contributed by atoms with Crippen LogP contribution in [-0.4, -0.2) is 30.4 Å². The number of carbonyl (C=O) groups is 3. The fourth-order valence-corrected chi connectivity index (χ4v) is 4.26. The maximum Gasteiger partial charge on any atom is 0.308 e. The Morgan fingerprint density at radius 3 is 2.04 bits per heavy atom. The third-order valence-electron chi connectivity index (χ3n) is 5.44. The first kappa shape index (κ1) is 19.9. The zero-order valence-corrected chi connectivity index (χ0v) is 16.0. The van der Waals surface area contributed by atoms with Gasteiger partial charge in [-0.3, -0.25) is 14.4 Å². The highest BCUT2D eigenvalue weighted by molar-refractivity contribution is 5.82. The van der Waals surface area contributed by atoms with Crippen LogP contribution in [0.4, 0.5) is 0 Å². The lowest BCUT2D eigenvalue weighted by Crippen LogP contribution is -2.25. The number of esters is 2. The van der Waals surface area contributed by atoms with Crippen LogP contribution in [-0.2, 0) is 23.9 Å². The van der Waals surface area contributed by atoms with Crippen molar-refractivity contribution in [1.82, 2.24) is 0 Å². The standard InChI is InChI=1S/C20H32O5/c1-20(2,3)25-18(22)12-14-5-7-15(9-14)17(21)11-13-6-8-16(10-13)19(23)24-4/h13-16H,5-12H2,1-4H3/t13-,14-,15-,16-/m0/s1. The quantitative estimate of drug-likeness (QED) is 0.682. The molecule has 2 aliphatic rings. The smallest absolute Gasteiger partial charge is 0.308 e. The van der Waals surface area contributed by atoms with Crippen molar-refractivity contribution in [2.45, 2.75) is 77.7 Å². The van der Waals surface area contributed by atoms with E-state index in [1.807, 2.05) is 20.8 Å². The van der Waals surface area contributed by atoms with Crippen molar-refractivity contribution >= 4 is 17.7 Å². The summed E-state index contributed by atoms with van der Waals surface area (Å²) in [5, 5.41) is 0. The van der Waals surface area contributed by atoms with Gasteiger partial charge in [0.2, 0.25) is 0 Å². The van der Waals surface area contributed by atoms with Crippen LogP contribution in [0.5, 0.6) is 0 Å². The van der Waals surface area contributed by atoms with Crippen LogP contribution in [0, 0.1) is 23.7 Å². The third kappa shape index (κ3) is 6.12. The summed E-state index contributed by atoms with van der Waals surface area (Å²) in [4.78, 5) is 36.1. The van der Waals surface area contributed by atoms with E-state index < -0.39 is 5.60 Å². The minimum absolute atomic E-state index is 0.0358. The number of hydrogen-bond donors (Lipinski definition) is 0. The summed E-state index contributed by atoms with van der Waals surface area (Å²) in [6, 6.07) is 0. The lowest BCUT2D eigenvalue weighted by atomic mass is 9.91. The fourth-order valence-electron chi connectivity index (χ4n) is 4.26. The molecule has 2 aliphatic carbocycles. The molecule has 25 heavy (non-hydrogen) atoms. The monoisotopic (exact) mass is 352 g/mol. The Morgan fingerprint density at radius 2 is 1.44 bits per heavy atom. The van der Waals surface area contributed by atoms with E-state index >= 15 is 0 Å². The van der Waals surface area contributed by atoms with Gasteiger partial charge in [-0.05, 0) is 71.1 Å². The highest BCUT2D eigenvalue weighted by Gasteiger charge is 2.36. The average molecular weight is 352 g/mol. The predicted molar refractivity (Wildman–Crippen MR) is 93.8 cm³/mol. The molecule has 0 aromatic carbocycles. The van der Waals surface area contributed by atoms with E-state index in [0.29, 0.717) is 24.5 Å². The van der Waals surface area contributed by atoms with Crippen molar-refractivity contribution in [2.75, 3.05) is 7.11 Å². The minimum atomic E-state index is -0.455. The van der Waals surface area contributed by atoms with E-state index in [0.717, 1.165) is 38.5 Å². The molecule has 2 rings (SSSR count). The number of Topliss-reactive ketones (excluding diaryl/α,β-unsaturated/α-hetero) is 1.